The standard InChI is InChI=1S/C11H11FN4OS2/c1-6(18-11-16-15-10(13)19-11)9(17)14-8-5-3-2-4-7(8)12/h2-6H,1H3,(H2,13,15)(H,14,17)/t6-/m0/s1. The van der Waals surface area contributed by atoms with Crippen LogP contribution in [0.1, 0.15) is 6.92 Å². The zero-order chi connectivity index (χ0) is 13.8. The molecule has 0 bridgehead atoms. The minimum absolute atomic E-state index is 0.164. The van der Waals surface area contributed by atoms with Gasteiger partial charge in [0.25, 0.3) is 0 Å². The molecule has 3 N–H and O–H groups in total. The van der Waals surface area contributed by atoms with Crippen LogP contribution < -0.4 is 11.1 Å². The van der Waals surface area contributed by atoms with Crippen molar-refractivity contribution in [1.82, 2.24) is 10.2 Å². The maximum absolute atomic E-state index is 13.4. The molecule has 1 aromatic heterocycles. The molecule has 2 rings (SSSR count). The first kappa shape index (κ1) is 13.8. The van der Waals surface area contributed by atoms with E-state index in [4.69, 9.17) is 5.73 Å². The van der Waals surface area contributed by atoms with E-state index in [9.17, 15) is 9.18 Å². The molecule has 0 aliphatic heterocycles. The molecule has 0 aliphatic rings. The summed E-state index contributed by atoms with van der Waals surface area (Å²) in [4.78, 5) is 11.9. The lowest BCUT2D eigenvalue weighted by molar-refractivity contribution is -0.115. The summed E-state index contributed by atoms with van der Waals surface area (Å²) in [6, 6.07) is 6.02. The number of aromatic nitrogens is 2. The number of nitrogens with zero attached hydrogens (tertiary/aromatic N) is 2. The Morgan fingerprint density at radius 3 is 2.84 bits per heavy atom. The Bertz CT molecular complexity index is 590. The lowest BCUT2D eigenvalue weighted by atomic mass is 10.3. The van der Waals surface area contributed by atoms with Crippen molar-refractivity contribution in [1.29, 1.82) is 0 Å². The van der Waals surface area contributed by atoms with Gasteiger partial charge in [-0.05, 0) is 19.1 Å². The number of para-hydroxylation sites is 1. The van der Waals surface area contributed by atoms with E-state index in [2.05, 4.69) is 15.5 Å². The highest BCUT2D eigenvalue weighted by molar-refractivity contribution is 8.02. The minimum Gasteiger partial charge on any atom is -0.374 e. The number of hydrogen-bond donors (Lipinski definition) is 2. The maximum atomic E-state index is 13.4. The Kier molecular flexibility index (Phi) is 4.33. The number of carbonyl (C=O) groups excluding carboxylic acids is 1. The number of halogens is 1. The third kappa shape index (κ3) is 3.65. The normalized spacial score (nSPS) is 12.1. The molecule has 0 aliphatic carbocycles. The zero-order valence-corrected chi connectivity index (χ0v) is 11.6. The molecule has 100 valence electrons. The van der Waals surface area contributed by atoms with Gasteiger partial charge >= 0.3 is 0 Å². The van der Waals surface area contributed by atoms with E-state index in [1.54, 1.807) is 19.1 Å². The Morgan fingerprint density at radius 2 is 2.21 bits per heavy atom. The molecule has 19 heavy (non-hydrogen) atoms. The fraction of sp³-hybridized carbons (Fsp3) is 0.182. The van der Waals surface area contributed by atoms with E-state index in [1.807, 2.05) is 0 Å². The molecule has 5 nitrogen and oxygen atoms in total. The predicted octanol–water partition coefficient (Wildman–Crippen LogP) is 2.38. The second kappa shape index (κ2) is 5.98. The minimum atomic E-state index is -0.465. The zero-order valence-electron chi connectivity index (χ0n) is 9.96. The van der Waals surface area contributed by atoms with Crippen molar-refractivity contribution in [2.45, 2.75) is 16.5 Å². The van der Waals surface area contributed by atoms with E-state index in [0.29, 0.717) is 9.47 Å². The van der Waals surface area contributed by atoms with Crippen molar-refractivity contribution in [3.63, 3.8) is 0 Å². The number of amides is 1. The number of nitrogen functional groups attached to an aromatic ring is 1. The number of nitrogens with two attached hydrogens (primary N) is 1. The molecule has 0 saturated heterocycles. The largest absolute Gasteiger partial charge is 0.374 e. The second-order valence-corrected chi connectivity index (χ2v) is 6.23. The van der Waals surface area contributed by atoms with E-state index < -0.39 is 11.1 Å². The number of nitrogens with one attached hydrogen (secondary N) is 1. The van der Waals surface area contributed by atoms with Gasteiger partial charge in [0.15, 0.2) is 4.34 Å². The summed E-state index contributed by atoms with van der Waals surface area (Å²) in [7, 11) is 0. The quantitative estimate of drug-likeness (QED) is 0.847. The number of hydrogen-bond acceptors (Lipinski definition) is 6. The molecular weight excluding hydrogens is 287 g/mol. The first-order chi connectivity index (χ1) is 9.06. The molecule has 1 amide bonds. The number of rotatable bonds is 4. The third-order valence-electron chi connectivity index (χ3n) is 2.20. The van der Waals surface area contributed by atoms with Crippen molar-refractivity contribution < 1.29 is 9.18 Å². The number of thioether (sulfide) groups is 1. The van der Waals surface area contributed by atoms with Crippen LogP contribution in [0, 0.1) is 5.82 Å². The first-order valence-corrected chi connectivity index (χ1v) is 7.07. The first-order valence-electron chi connectivity index (χ1n) is 5.37. The molecule has 0 spiro atoms. The van der Waals surface area contributed by atoms with Crippen LogP contribution >= 0.6 is 23.1 Å². The summed E-state index contributed by atoms with van der Waals surface area (Å²) in [6.07, 6.45) is 0. The van der Waals surface area contributed by atoms with E-state index >= 15 is 0 Å². The Hall–Kier alpha value is -1.67. The average Bonchev–Trinajstić information content (AvgIpc) is 2.77. The monoisotopic (exact) mass is 298 g/mol. The summed E-state index contributed by atoms with van der Waals surface area (Å²) >= 11 is 2.44. The van der Waals surface area contributed by atoms with Gasteiger partial charge in [0.2, 0.25) is 11.0 Å². The summed E-state index contributed by atoms with van der Waals surface area (Å²) in [5.41, 5.74) is 5.62. The number of benzene rings is 1. The predicted molar refractivity (Wildman–Crippen MR) is 74.7 cm³/mol. The molecule has 8 heteroatoms. The van der Waals surface area contributed by atoms with Gasteiger partial charge in [-0.2, -0.15) is 0 Å². The smallest absolute Gasteiger partial charge is 0.237 e. The summed E-state index contributed by atoms with van der Waals surface area (Å²) in [5, 5.41) is 9.93. The molecule has 0 saturated carbocycles. The van der Waals surface area contributed by atoms with Crippen LogP contribution in [-0.2, 0) is 4.79 Å². The Balaban J connectivity index is 1.98. The number of anilines is 2. The van der Waals surface area contributed by atoms with Gasteiger partial charge in [-0.3, -0.25) is 4.79 Å². The van der Waals surface area contributed by atoms with Gasteiger partial charge in [-0.25, -0.2) is 4.39 Å². The van der Waals surface area contributed by atoms with Gasteiger partial charge in [0, 0.05) is 0 Å². The highest BCUT2D eigenvalue weighted by Crippen LogP contribution is 2.28. The Labute approximate surface area is 117 Å². The van der Waals surface area contributed by atoms with E-state index in [-0.39, 0.29) is 11.6 Å². The topological polar surface area (TPSA) is 80.9 Å². The van der Waals surface area contributed by atoms with Crippen molar-refractivity contribution >= 4 is 39.8 Å². The maximum Gasteiger partial charge on any atom is 0.237 e. The van der Waals surface area contributed by atoms with Crippen LogP contribution in [0.3, 0.4) is 0 Å². The summed E-state index contributed by atoms with van der Waals surface area (Å²) in [5.74, 6) is -0.767. The van der Waals surface area contributed by atoms with Crippen molar-refractivity contribution in [3.05, 3.63) is 30.1 Å². The molecule has 1 aromatic carbocycles. The van der Waals surface area contributed by atoms with E-state index in [1.165, 1.54) is 35.2 Å². The lowest BCUT2D eigenvalue weighted by Gasteiger charge is -2.10. The van der Waals surface area contributed by atoms with Crippen LogP contribution in [0.15, 0.2) is 28.6 Å². The summed E-state index contributed by atoms with van der Waals surface area (Å²) in [6.45, 7) is 1.71. The number of carbonyl (C=O) groups is 1. The fourth-order valence-corrected chi connectivity index (χ4v) is 3.05. The van der Waals surface area contributed by atoms with Gasteiger partial charge in [-0.1, -0.05) is 35.2 Å². The van der Waals surface area contributed by atoms with Crippen molar-refractivity contribution in [3.8, 4) is 0 Å². The molecule has 2 aromatic rings. The van der Waals surface area contributed by atoms with Gasteiger partial charge in [0.1, 0.15) is 5.82 Å². The fourth-order valence-electron chi connectivity index (χ4n) is 1.27. The molecule has 1 heterocycles. The van der Waals surface area contributed by atoms with Crippen LogP contribution in [0.5, 0.6) is 0 Å². The lowest BCUT2D eigenvalue weighted by Crippen LogP contribution is -2.22. The van der Waals surface area contributed by atoms with E-state index in [0.717, 1.165) is 0 Å². The molecule has 0 unspecified atom stereocenters. The van der Waals surface area contributed by atoms with Crippen LogP contribution in [0.25, 0.3) is 0 Å². The van der Waals surface area contributed by atoms with Crippen LogP contribution in [0.4, 0.5) is 15.2 Å². The molecule has 0 radical (unpaired) electrons. The van der Waals surface area contributed by atoms with Crippen molar-refractivity contribution in [2.24, 2.45) is 0 Å². The van der Waals surface area contributed by atoms with Crippen LogP contribution in [-0.4, -0.2) is 21.4 Å². The van der Waals surface area contributed by atoms with Gasteiger partial charge < -0.3 is 11.1 Å². The molecule has 0 fully saturated rings. The SMILES string of the molecule is C[C@H](Sc1nnc(N)s1)C(=O)Nc1ccccc1F. The van der Waals surface area contributed by atoms with Gasteiger partial charge in [0.05, 0.1) is 10.9 Å². The molecular formula is C11H11FN4OS2. The second-order valence-electron chi connectivity index (χ2n) is 3.64. The van der Waals surface area contributed by atoms with Crippen molar-refractivity contribution in [2.75, 3.05) is 11.1 Å². The van der Waals surface area contributed by atoms with Gasteiger partial charge in [-0.15, -0.1) is 10.2 Å². The average molecular weight is 298 g/mol. The third-order valence-corrected chi connectivity index (χ3v) is 4.14. The highest BCUT2D eigenvalue weighted by atomic mass is 32.2. The summed E-state index contributed by atoms with van der Waals surface area (Å²) < 4.78 is 14.0. The highest BCUT2D eigenvalue weighted by Gasteiger charge is 2.17. The Morgan fingerprint density at radius 1 is 1.47 bits per heavy atom. The molecule has 1 atom stereocenters. The van der Waals surface area contributed by atoms with Crippen LogP contribution in [0.2, 0.25) is 0 Å².